The van der Waals surface area contributed by atoms with E-state index in [1.165, 1.54) is 21.8 Å². The Labute approximate surface area is 379 Å². The number of hydrogen-bond donors (Lipinski definition) is 1. The molecule has 5 nitrogen and oxygen atoms in total. The topological polar surface area (TPSA) is 55.9 Å². The fourth-order valence-corrected chi connectivity index (χ4v) is 9.67. The molecule has 11 aromatic rings. The Morgan fingerprint density at radius 2 is 1.12 bits per heavy atom. The fourth-order valence-electron chi connectivity index (χ4n) is 9.67. The molecule has 0 saturated carbocycles. The first kappa shape index (κ1) is 40.0. The number of imidazole rings is 1. The monoisotopic (exact) mass is 842 g/mol. The van der Waals surface area contributed by atoms with Gasteiger partial charge in [-0.3, -0.25) is 9.55 Å². The van der Waals surface area contributed by atoms with Gasteiger partial charge in [-0.1, -0.05) is 169 Å². The van der Waals surface area contributed by atoms with Crippen LogP contribution in [0.1, 0.15) is 52.7 Å². The van der Waals surface area contributed by atoms with E-state index in [4.69, 9.17) is 9.97 Å². The molecule has 0 atom stereocenters. The second-order valence-electron chi connectivity index (χ2n) is 19.3. The number of phenolic OH excluding ortho intramolecular Hbond substituents is 1. The van der Waals surface area contributed by atoms with Gasteiger partial charge in [0.2, 0.25) is 0 Å². The quantitative estimate of drug-likeness (QED) is 0.181. The molecule has 0 spiro atoms. The van der Waals surface area contributed by atoms with Gasteiger partial charge in [-0.05, 0) is 87.5 Å². The van der Waals surface area contributed by atoms with E-state index in [-0.39, 0.29) is 16.6 Å². The van der Waals surface area contributed by atoms with Gasteiger partial charge in [-0.25, -0.2) is 4.98 Å². The first-order valence-corrected chi connectivity index (χ1v) is 22.5. The molecule has 0 aliphatic rings. The third-order valence-electron chi connectivity index (χ3n) is 13.0. The third kappa shape index (κ3) is 6.78. The number of nitrogens with zero attached hydrogens (tertiary/aromatic N) is 4. The van der Waals surface area contributed by atoms with Crippen molar-refractivity contribution in [3.05, 3.63) is 199 Å². The van der Waals surface area contributed by atoms with E-state index >= 15 is 0 Å². The van der Waals surface area contributed by atoms with Crippen molar-refractivity contribution in [3.8, 4) is 62.0 Å². The predicted molar refractivity (Wildman–Crippen MR) is 272 cm³/mol. The Kier molecular flexibility index (Phi) is 9.37. The van der Waals surface area contributed by atoms with E-state index in [2.05, 4.69) is 233 Å². The number of benzene rings is 8. The van der Waals surface area contributed by atoms with Crippen LogP contribution in [0.5, 0.6) is 5.75 Å². The Balaban J connectivity index is 1.10. The molecule has 0 fully saturated rings. The van der Waals surface area contributed by atoms with Crippen molar-refractivity contribution in [1.82, 2.24) is 19.1 Å². The minimum atomic E-state index is -0.305. The normalized spacial score (nSPS) is 12.2. The molecule has 0 amide bonds. The van der Waals surface area contributed by atoms with Crippen molar-refractivity contribution in [1.29, 1.82) is 0 Å². The van der Waals surface area contributed by atoms with Gasteiger partial charge in [0, 0.05) is 50.3 Å². The van der Waals surface area contributed by atoms with Crippen molar-refractivity contribution < 1.29 is 5.11 Å². The molecule has 0 saturated heterocycles. The van der Waals surface area contributed by atoms with E-state index in [1.54, 1.807) is 0 Å². The smallest absolute Gasteiger partial charge is 0.149 e. The lowest BCUT2D eigenvalue weighted by Crippen LogP contribution is -2.17. The molecule has 0 aliphatic heterocycles. The van der Waals surface area contributed by atoms with Crippen molar-refractivity contribution in [2.75, 3.05) is 0 Å². The lowest BCUT2D eigenvalue weighted by molar-refractivity contribution is 0.446. The van der Waals surface area contributed by atoms with Crippen LogP contribution in [-0.4, -0.2) is 24.2 Å². The summed E-state index contributed by atoms with van der Waals surface area (Å²) in [6.45, 7) is 13.2. The maximum atomic E-state index is 12.3. The number of pyridine rings is 1. The molecule has 8 aromatic carbocycles. The molecular weight excluding hydrogens is 793 g/mol. The molecule has 5 heteroatoms. The van der Waals surface area contributed by atoms with E-state index < -0.39 is 0 Å². The summed E-state index contributed by atoms with van der Waals surface area (Å²) in [6, 6.07) is 64.5. The van der Waals surface area contributed by atoms with Crippen molar-refractivity contribution in [3.63, 3.8) is 0 Å². The van der Waals surface area contributed by atoms with Crippen LogP contribution in [0.15, 0.2) is 188 Å². The zero-order valence-corrected chi connectivity index (χ0v) is 37.6. The van der Waals surface area contributed by atoms with Crippen molar-refractivity contribution in [2.24, 2.45) is 0 Å². The molecule has 0 unspecified atom stereocenters. The molecule has 0 radical (unpaired) electrons. The summed E-state index contributed by atoms with van der Waals surface area (Å²) in [5, 5.41) is 17.0. The van der Waals surface area contributed by atoms with Crippen LogP contribution in [0.25, 0.3) is 99.9 Å². The Hall–Kier alpha value is -7.76. The number of para-hydroxylation sites is 4. The van der Waals surface area contributed by atoms with Gasteiger partial charge in [0.1, 0.15) is 11.6 Å². The van der Waals surface area contributed by atoms with Crippen LogP contribution in [0.3, 0.4) is 0 Å². The minimum Gasteiger partial charge on any atom is -0.507 e. The second kappa shape index (κ2) is 15.2. The highest BCUT2D eigenvalue weighted by Crippen LogP contribution is 2.45. The number of fused-ring (bicyclic) bond motifs is 5. The number of aromatic nitrogens is 4. The van der Waals surface area contributed by atoms with Gasteiger partial charge in [0.05, 0.1) is 39.0 Å². The van der Waals surface area contributed by atoms with E-state index in [9.17, 15) is 5.11 Å². The summed E-state index contributed by atoms with van der Waals surface area (Å²) in [6.07, 6.45) is 1.93. The maximum absolute atomic E-state index is 12.3. The minimum absolute atomic E-state index is 0.164. The molecule has 1 N–H and O–H groups in total. The Morgan fingerprint density at radius 1 is 0.477 bits per heavy atom. The van der Waals surface area contributed by atoms with Crippen LogP contribution in [0.4, 0.5) is 0 Å². The highest BCUT2D eigenvalue weighted by atomic mass is 16.3. The van der Waals surface area contributed by atoms with Crippen molar-refractivity contribution >= 4 is 43.6 Å². The molecular formula is C60H50N4O. The molecule has 316 valence electrons. The second-order valence-corrected chi connectivity index (χ2v) is 19.3. The summed E-state index contributed by atoms with van der Waals surface area (Å²) in [4.78, 5) is 10.5. The summed E-state index contributed by atoms with van der Waals surface area (Å²) in [7, 11) is 0. The average Bonchev–Trinajstić information content (AvgIpc) is 3.87. The van der Waals surface area contributed by atoms with Gasteiger partial charge in [-0.15, -0.1) is 0 Å². The van der Waals surface area contributed by atoms with Crippen LogP contribution in [-0.2, 0) is 10.8 Å². The first-order chi connectivity index (χ1) is 31.4. The summed E-state index contributed by atoms with van der Waals surface area (Å²) >= 11 is 0. The lowest BCUT2D eigenvalue weighted by atomic mass is 9.79. The Bertz CT molecular complexity index is 3630. The SMILES string of the molecule is CC(C)(C)c1cc(-c2nc3c(-c4cccc(-c5cc(-c6cccc7c8ccccc8n(-c8ccccc8)c67)ccn5)c4)cccc3n2-c2cccc3ccccc23)c(O)c(C(C)(C)C)c1. The maximum Gasteiger partial charge on any atom is 0.149 e. The highest BCUT2D eigenvalue weighted by Gasteiger charge is 2.29. The van der Waals surface area contributed by atoms with Gasteiger partial charge in [-0.2, -0.15) is 0 Å². The highest BCUT2D eigenvalue weighted by molar-refractivity contribution is 6.14. The Morgan fingerprint density at radius 3 is 1.94 bits per heavy atom. The molecule has 0 aliphatic carbocycles. The first-order valence-electron chi connectivity index (χ1n) is 22.5. The van der Waals surface area contributed by atoms with Gasteiger partial charge < -0.3 is 9.67 Å². The largest absolute Gasteiger partial charge is 0.507 e. The van der Waals surface area contributed by atoms with Crippen LogP contribution in [0.2, 0.25) is 0 Å². The molecule has 3 aromatic heterocycles. The summed E-state index contributed by atoms with van der Waals surface area (Å²) in [5.74, 6) is 0.960. The molecule has 65 heavy (non-hydrogen) atoms. The van der Waals surface area contributed by atoms with Gasteiger partial charge in [0.15, 0.2) is 0 Å². The molecule has 3 heterocycles. The van der Waals surface area contributed by atoms with E-state index in [0.717, 1.165) is 77.8 Å². The number of aromatic hydroxyl groups is 1. The standard InChI is InChI=1S/C60H50N4O/c1-59(2,3)42-36-49(57(65)50(37-42)60(4,5)6)58-62-55-45(26-17-31-54(55)64(58)52-30-15-19-38-18-10-11-24-44(38)52)39-20-14-21-41(34-39)51-35-40(32-33-61-51)46-27-16-28-48-47-25-12-13-29-53(47)63(56(46)48)43-22-8-7-9-23-43/h7-37,65H,1-6H3. The van der Waals surface area contributed by atoms with E-state index in [1.807, 2.05) is 6.20 Å². The van der Waals surface area contributed by atoms with Crippen LogP contribution >= 0.6 is 0 Å². The predicted octanol–water partition coefficient (Wildman–Crippen LogP) is 15.6. The number of hydrogen-bond acceptors (Lipinski definition) is 3. The van der Waals surface area contributed by atoms with Gasteiger partial charge >= 0.3 is 0 Å². The van der Waals surface area contributed by atoms with Crippen LogP contribution < -0.4 is 0 Å². The zero-order chi connectivity index (χ0) is 44.6. The average molecular weight is 843 g/mol. The lowest BCUT2D eigenvalue weighted by Gasteiger charge is -2.27. The van der Waals surface area contributed by atoms with Gasteiger partial charge in [0.25, 0.3) is 0 Å². The summed E-state index contributed by atoms with van der Waals surface area (Å²) < 4.78 is 4.63. The fraction of sp³-hybridized carbons (Fsp3) is 0.133. The third-order valence-corrected chi connectivity index (χ3v) is 13.0. The zero-order valence-electron chi connectivity index (χ0n) is 37.6. The molecule has 11 rings (SSSR count). The van der Waals surface area contributed by atoms with Crippen molar-refractivity contribution in [2.45, 2.75) is 52.4 Å². The number of rotatable bonds is 6. The van der Waals surface area contributed by atoms with Crippen LogP contribution in [0, 0.1) is 0 Å². The summed E-state index contributed by atoms with van der Waals surface area (Å²) in [5.41, 5.74) is 14.8. The number of phenols is 1. The van der Waals surface area contributed by atoms with E-state index in [0.29, 0.717) is 11.4 Å². The molecule has 0 bridgehead atoms.